The maximum atomic E-state index is 11.1. The summed E-state index contributed by atoms with van der Waals surface area (Å²) < 4.78 is 10.4. The van der Waals surface area contributed by atoms with Gasteiger partial charge in [0, 0.05) is 6.42 Å². The highest BCUT2D eigenvalue weighted by Gasteiger charge is 2.23. The van der Waals surface area contributed by atoms with Gasteiger partial charge in [0.25, 0.3) is 0 Å². The number of hydrogen-bond acceptors (Lipinski definition) is 3. The molecule has 1 aliphatic rings. The average Bonchev–Trinajstić information content (AvgIpc) is 2.75. The van der Waals surface area contributed by atoms with Gasteiger partial charge in [-0.1, -0.05) is 6.07 Å². The summed E-state index contributed by atoms with van der Waals surface area (Å²) in [6.45, 7) is 0. The largest absolute Gasteiger partial charge is 0.493 e. The zero-order valence-corrected chi connectivity index (χ0v) is 9.45. The minimum Gasteiger partial charge on any atom is -0.493 e. The van der Waals surface area contributed by atoms with Gasteiger partial charge in [-0.2, -0.15) is 0 Å². The zero-order valence-electron chi connectivity index (χ0n) is 9.45. The van der Waals surface area contributed by atoms with Crippen LogP contribution in [0.2, 0.25) is 0 Å². The Bertz CT molecular complexity index is 403. The summed E-state index contributed by atoms with van der Waals surface area (Å²) in [7, 11) is 3.21. The van der Waals surface area contributed by atoms with Crippen LogP contribution in [0.5, 0.6) is 11.5 Å². The number of ether oxygens (including phenoxy) is 2. The average molecular weight is 221 g/mol. The smallest absolute Gasteiger partial charge is 0.220 e. The van der Waals surface area contributed by atoms with Crippen molar-refractivity contribution in [1.82, 2.24) is 5.32 Å². The van der Waals surface area contributed by atoms with Gasteiger partial charge in [0.05, 0.1) is 20.3 Å². The molecule has 0 saturated carbocycles. The third-order valence-corrected chi connectivity index (χ3v) is 2.81. The van der Waals surface area contributed by atoms with Crippen LogP contribution in [0.3, 0.4) is 0 Å². The van der Waals surface area contributed by atoms with Crippen molar-refractivity contribution in [2.75, 3.05) is 14.2 Å². The Balaban J connectivity index is 2.25. The van der Waals surface area contributed by atoms with Crippen LogP contribution >= 0.6 is 0 Å². The number of carbonyl (C=O) groups is 1. The van der Waals surface area contributed by atoms with Crippen LogP contribution in [0.4, 0.5) is 0 Å². The lowest BCUT2D eigenvalue weighted by molar-refractivity contribution is -0.119. The first-order chi connectivity index (χ1) is 7.74. The van der Waals surface area contributed by atoms with Crippen molar-refractivity contribution < 1.29 is 14.3 Å². The van der Waals surface area contributed by atoms with E-state index in [4.69, 9.17) is 9.47 Å². The molecule has 1 aromatic rings. The van der Waals surface area contributed by atoms with Gasteiger partial charge in [-0.3, -0.25) is 4.79 Å². The van der Waals surface area contributed by atoms with Crippen molar-refractivity contribution >= 4 is 5.91 Å². The van der Waals surface area contributed by atoms with Crippen LogP contribution in [0.15, 0.2) is 18.2 Å². The summed E-state index contributed by atoms with van der Waals surface area (Å²) >= 11 is 0. The van der Waals surface area contributed by atoms with Crippen molar-refractivity contribution in [1.29, 1.82) is 0 Å². The number of carbonyl (C=O) groups excluding carboxylic acids is 1. The number of rotatable bonds is 3. The Morgan fingerprint density at radius 2 is 2.00 bits per heavy atom. The fraction of sp³-hybridized carbons (Fsp3) is 0.417. The molecule has 0 aromatic heterocycles. The van der Waals surface area contributed by atoms with E-state index in [0.29, 0.717) is 17.9 Å². The molecular weight excluding hydrogens is 206 g/mol. The highest BCUT2D eigenvalue weighted by molar-refractivity contribution is 5.78. The van der Waals surface area contributed by atoms with Crippen molar-refractivity contribution in [3.63, 3.8) is 0 Å². The Hall–Kier alpha value is -1.71. The van der Waals surface area contributed by atoms with E-state index in [9.17, 15) is 4.79 Å². The Labute approximate surface area is 94.6 Å². The number of methoxy groups -OCH3 is 2. The standard InChI is InChI=1S/C12H15NO3/c1-15-10-5-3-8(7-11(10)16-2)9-4-6-12(14)13-9/h3,5,7,9H,4,6H2,1-2H3,(H,13,14). The molecule has 1 aliphatic heterocycles. The number of amides is 1. The van der Waals surface area contributed by atoms with E-state index in [1.165, 1.54) is 0 Å². The molecule has 1 heterocycles. The third-order valence-electron chi connectivity index (χ3n) is 2.81. The van der Waals surface area contributed by atoms with Crippen LogP contribution in [0.1, 0.15) is 24.4 Å². The summed E-state index contributed by atoms with van der Waals surface area (Å²) in [6, 6.07) is 5.83. The molecule has 0 spiro atoms. The zero-order chi connectivity index (χ0) is 11.5. The van der Waals surface area contributed by atoms with Gasteiger partial charge in [0.2, 0.25) is 5.91 Å². The number of benzene rings is 1. The van der Waals surface area contributed by atoms with Crippen LogP contribution < -0.4 is 14.8 Å². The van der Waals surface area contributed by atoms with Crippen molar-refractivity contribution in [2.24, 2.45) is 0 Å². The van der Waals surface area contributed by atoms with E-state index < -0.39 is 0 Å². The maximum Gasteiger partial charge on any atom is 0.220 e. The number of nitrogens with one attached hydrogen (secondary N) is 1. The van der Waals surface area contributed by atoms with Crippen molar-refractivity contribution in [3.8, 4) is 11.5 Å². The highest BCUT2D eigenvalue weighted by Crippen LogP contribution is 2.32. The predicted molar refractivity (Wildman–Crippen MR) is 59.7 cm³/mol. The second-order valence-electron chi connectivity index (χ2n) is 3.77. The van der Waals surface area contributed by atoms with Crippen LogP contribution in [-0.4, -0.2) is 20.1 Å². The monoisotopic (exact) mass is 221 g/mol. The quantitative estimate of drug-likeness (QED) is 0.844. The van der Waals surface area contributed by atoms with Gasteiger partial charge in [-0.05, 0) is 24.1 Å². The van der Waals surface area contributed by atoms with E-state index in [1.54, 1.807) is 14.2 Å². The molecule has 1 amide bonds. The molecule has 2 rings (SSSR count). The molecular formula is C12H15NO3. The molecule has 1 N–H and O–H groups in total. The van der Waals surface area contributed by atoms with Gasteiger partial charge < -0.3 is 14.8 Å². The van der Waals surface area contributed by atoms with Gasteiger partial charge in [-0.25, -0.2) is 0 Å². The van der Waals surface area contributed by atoms with E-state index in [2.05, 4.69) is 5.32 Å². The van der Waals surface area contributed by atoms with Gasteiger partial charge in [0.1, 0.15) is 0 Å². The lowest BCUT2D eigenvalue weighted by atomic mass is 10.0. The Morgan fingerprint density at radius 1 is 1.25 bits per heavy atom. The highest BCUT2D eigenvalue weighted by atomic mass is 16.5. The minimum absolute atomic E-state index is 0.104. The summed E-state index contributed by atoms with van der Waals surface area (Å²) in [5, 5.41) is 2.92. The van der Waals surface area contributed by atoms with E-state index >= 15 is 0 Å². The Morgan fingerprint density at radius 3 is 2.56 bits per heavy atom. The van der Waals surface area contributed by atoms with Crippen LogP contribution in [-0.2, 0) is 4.79 Å². The first kappa shape index (κ1) is 10.8. The molecule has 0 bridgehead atoms. The SMILES string of the molecule is COc1ccc(C2CCC(=O)N2)cc1OC. The fourth-order valence-electron chi connectivity index (χ4n) is 1.93. The first-order valence-corrected chi connectivity index (χ1v) is 5.26. The molecule has 0 aliphatic carbocycles. The van der Waals surface area contributed by atoms with Crippen LogP contribution in [0.25, 0.3) is 0 Å². The van der Waals surface area contributed by atoms with Crippen molar-refractivity contribution in [2.45, 2.75) is 18.9 Å². The maximum absolute atomic E-state index is 11.1. The molecule has 16 heavy (non-hydrogen) atoms. The first-order valence-electron chi connectivity index (χ1n) is 5.26. The van der Waals surface area contributed by atoms with E-state index in [-0.39, 0.29) is 11.9 Å². The molecule has 0 radical (unpaired) electrons. The third kappa shape index (κ3) is 1.96. The van der Waals surface area contributed by atoms with Crippen LogP contribution in [0, 0.1) is 0 Å². The molecule has 1 atom stereocenters. The molecule has 1 saturated heterocycles. The summed E-state index contributed by atoms with van der Waals surface area (Å²) in [5.74, 6) is 1.51. The van der Waals surface area contributed by atoms with Gasteiger partial charge >= 0.3 is 0 Å². The molecule has 1 unspecified atom stereocenters. The lowest BCUT2D eigenvalue weighted by Crippen LogP contribution is -2.18. The molecule has 1 fully saturated rings. The summed E-state index contributed by atoms with van der Waals surface area (Å²) in [4.78, 5) is 11.1. The topological polar surface area (TPSA) is 47.6 Å². The van der Waals surface area contributed by atoms with Gasteiger partial charge in [0.15, 0.2) is 11.5 Å². The number of hydrogen-bond donors (Lipinski definition) is 1. The van der Waals surface area contributed by atoms with E-state index in [0.717, 1.165) is 12.0 Å². The van der Waals surface area contributed by atoms with Gasteiger partial charge in [-0.15, -0.1) is 0 Å². The lowest BCUT2D eigenvalue weighted by Gasteiger charge is -2.13. The predicted octanol–water partition coefficient (Wildman–Crippen LogP) is 1.65. The Kier molecular flexibility index (Phi) is 2.99. The second-order valence-corrected chi connectivity index (χ2v) is 3.77. The molecule has 4 nitrogen and oxygen atoms in total. The summed E-state index contributed by atoms with van der Waals surface area (Å²) in [6.07, 6.45) is 1.44. The van der Waals surface area contributed by atoms with Crippen molar-refractivity contribution in [3.05, 3.63) is 23.8 Å². The minimum atomic E-state index is 0.104. The second kappa shape index (κ2) is 4.43. The normalized spacial score (nSPS) is 19.4. The molecule has 4 heteroatoms. The summed E-state index contributed by atoms with van der Waals surface area (Å²) in [5.41, 5.74) is 1.06. The molecule has 86 valence electrons. The fourth-order valence-corrected chi connectivity index (χ4v) is 1.93. The van der Waals surface area contributed by atoms with E-state index in [1.807, 2.05) is 18.2 Å². The molecule has 1 aromatic carbocycles.